The van der Waals surface area contributed by atoms with Gasteiger partial charge in [-0.1, -0.05) is 23.8 Å². The van der Waals surface area contributed by atoms with E-state index in [1.54, 1.807) is 24.3 Å². The van der Waals surface area contributed by atoms with Crippen molar-refractivity contribution in [3.8, 4) is 0 Å². The number of hydrogen-bond acceptors (Lipinski definition) is 3. The first-order valence-corrected chi connectivity index (χ1v) is 7.38. The van der Waals surface area contributed by atoms with Crippen molar-refractivity contribution in [2.45, 2.75) is 31.1 Å². The highest BCUT2D eigenvalue weighted by atomic mass is 32.2. The minimum atomic E-state index is -3.55. The number of allylic oxidation sites excluding steroid dienone is 2. The van der Waals surface area contributed by atoms with Crippen molar-refractivity contribution in [3.05, 3.63) is 42.0 Å². The molecule has 0 saturated heterocycles. The Labute approximate surface area is 107 Å². The molecule has 5 heteroatoms. The van der Waals surface area contributed by atoms with Gasteiger partial charge in [0.15, 0.2) is 0 Å². The molecule has 2 rings (SSSR count). The Balaban J connectivity index is 2.14. The van der Waals surface area contributed by atoms with Gasteiger partial charge in [0.25, 0.3) is 10.0 Å². The van der Waals surface area contributed by atoms with Crippen LogP contribution in [0.1, 0.15) is 24.8 Å². The Morgan fingerprint density at radius 3 is 2.56 bits per heavy atom. The Morgan fingerprint density at radius 2 is 1.94 bits per heavy atom. The molecule has 1 aromatic rings. The number of nitrogens with one attached hydrogen (secondary N) is 1. The van der Waals surface area contributed by atoms with Gasteiger partial charge in [-0.15, -0.1) is 0 Å². The lowest BCUT2D eigenvalue weighted by molar-refractivity contribution is 0.584. The van der Waals surface area contributed by atoms with Crippen LogP contribution in [0.5, 0.6) is 0 Å². The molecule has 0 aliphatic heterocycles. The zero-order chi connectivity index (χ0) is 13.0. The Bertz CT molecular complexity index is 572. The quantitative estimate of drug-likeness (QED) is 0.852. The van der Waals surface area contributed by atoms with Crippen LogP contribution < -0.4 is 4.83 Å². The topological polar surface area (TPSA) is 58.5 Å². The third-order valence-electron chi connectivity index (χ3n) is 2.75. The predicted octanol–water partition coefficient (Wildman–Crippen LogP) is 2.37. The minimum Gasteiger partial charge on any atom is -0.200 e. The zero-order valence-electron chi connectivity index (χ0n) is 10.3. The average molecular weight is 264 g/mol. The molecule has 0 heterocycles. The summed E-state index contributed by atoms with van der Waals surface area (Å²) in [7, 11) is -3.55. The van der Waals surface area contributed by atoms with Crippen LogP contribution in [0.15, 0.2) is 46.4 Å². The summed E-state index contributed by atoms with van der Waals surface area (Å²) in [6, 6.07) is 6.69. The lowest BCUT2D eigenvalue weighted by Crippen LogP contribution is -2.20. The van der Waals surface area contributed by atoms with E-state index < -0.39 is 10.0 Å². The first-order valence-electron chi connectivity index (χ1n) is 5.89. The van der Waals surface area contributed by atoms with Gasteiger partial charge in [-0.2, -0.15) is 18.4 Å². The molecule has 0 amide bonds. The number of sulfonamides is 1. The minimum absolute atomic E-state index is 0.234. The second-order valence-electron chi connectivity index (χ2n) is 4.31. The largest absolute Gasteiger partial charge is 0.276 e. The van der Waals surface area contributed by atoms with Crippen molar-refractivity contribution in [1.82, 2.24) is 4.83 Å². The van der Waals surface area contributed by atoms with Gasteiger partial charge >= 0.3 is 0 Å². The fourth-order valence-electron chi connectivity index (χ4n) is 1.69. The molecule has 18 heavy (non-hydrogen) atoms. The summed E-state index contributed by atoms with van der Waals surface area (Å²) >= 11 is 0. The van der Waals surface area contributed by atoms with Crippen LogP contribution in [-0.2, 0) is 10.0 Å². The fraction of sp³-hybridized carbons (Fsp3) is 0.308. The molecule has 0 spiro atoms. The van der Waals surface area contributed by atoms with Crippen LogP contribution in [-0.4, -0.2) is 14.1 Å². The summed E-state index contributed by atoms with van der Waals surface area (Å²) in [5.41, 5.74) is 1.80. The van der Waals surface area contributed by atoms with Gasteiger partial charge in [0.1, 0.15) is 0 Å². The van der Waals surface area contributed by atoms with Crippen LogP contribution >= 0.6 is 0 Å². The molecular formula is C13H16N2O2S. The number of nitrogens with zero attached hydrogens (tertiary/aromatic N) is 1. The number of hydrogen-bond donors (Lipinski definition) is 1. The normalized spacial score (nSPS) is 17.9. The van der Waals surface area contributed by atoms with Gasteiger partial charge in [0.05, 0.1) is 10.6 Å². The van der Waals surface area contributed by atoms with Crippen molar-refractivity contribution in [2.24, 2.45) is 5.10 Å². The average Bonchev–Trinajstić information content (AvgIpc) is 2.38. The Hall–Kier alpha value is -1.62. The molecule has 4 nitrogen and oxygen atoms in total. The first kappa shape index (κ1) is 12.8. The van der Waals surface area contributed by atoms with Gasteiger partial charge in [0, 0.05) is 0 Å². The summed E-state index contributed by atoms with van der Waals surface area (Å²) in [6.07, 6.45) is 6.72. The molecule has 96 valence electrons. The maximum absolute atomic E-state index is 11.9. The van der Waals surface area contributed by atoms with Crippen molar-refractivity contribution in [1.29, 1.82) is 0 Å². The first-order chi connectivity index (χ1) is 8.58. The van der Waals surface area contributed by atoms with E-state index in [0.717, 1.165) is 30.5 Å². The monoisotopic (exact) mass is 264 g/mol. The van der Waals surface area contributed by atoms with Crippen molar-refractivity contribution in [3.63, 3.8) is 0 Å². The molecule has 1 aliphatic rings. The van der Waals surface area contributed by atoms with Gasteiger partial charge in [-0.05, 0) is 44.4 Å². The SMILES string of the molecule is Cc1ccc(S(=O)(=O)NN=C2C=CCCC2)cc1. The smallest absolute Gasteiger partial charge is 0.200 e. The van der Waals surface area contributed by atoms with E-state index in [9.17, 15) is 8.42 Å². The van der Waals surface area contributed by atoms with E-state index in [0.29, 0.717) is 0 Å². The molecule has 0 aromatic heterocycles. The van der Waals surface area contributed by atoms with Crippen molar-refractivity contribution in [2.75, 3.05) is 0 Å². The number of aryl methyl sites for hydroxylation is 1. The second kappa shape index (κ2) is 5.35. The third kappa shape index (κ3) is 3.20. The van der Waals surface area contributed by atoms with Crippen LogP contribution in [0.3, 0.4) is 0 Å². The van der Waals surface area contributed by atoms with E-state index in [2.05, 4.69) is 9.93 Å². The van der Waals surface area contributed by atoms with Crippen LogP contribution in [0.4, 0.5) is 0 Å². The van der Waals surface area contributed by atoms with Gasteiger partial charge < -0.3 is 0 Å². The maximum atomic E-state index is 11.9. The van der Waals surface area contributed by atoms with Gasteiger partial charge in [-0.3, -0.25) is 0 Å². The Morgan fingerprint density at radius 1 is 1.22 bits per heavy atom. The molecule has 0 radical (unpaired) electrons. The summed E-state index contributed by atoms with van der Waals surface area (Å²) in [5.74, 6) is 0. The van der Waals surface area contributed by atoms with E-state index in [1.165, 1.54) is 0 Å². The Kier molecular flexibility index (Phi) is 3.81. The summed E-state index contributed by atoms with van der Waals surface area (Å²) < 4.78 is 23.9. The van der Waals surface area contributed by atoms with Crippen molar-refractivity contribution >= 4 is 15.7 Å². The third-order valence-corrected chi connectivity index (χ3v) is 3.98. The maximum Gasteiger partial charge on any atom is 0.276 e. The highest BCUT2D eigenvalue weighted by Crippen LogP contribution is 2.11. The molecule has 0 fully saturated rings. The number of rotatable bonds is 3. The van der Waals surface area contributed by atoms with Crippen LogP contribution in [0, 0.1) is 6.92 Å². The summed E-state index contributed by atoms with van der Waals surface area (Å²) in [5, 5.41) is 3.95. The van der Waals surface area contributed by atoms with Gasteiger partial charge in [0.2, 0.25) is 0 Å². The summed E-state index contributed by atoms with van der Waals surface area (Å²) in [4.78, 5) is 2.51. The molecule has 0 bridgehead atoms. The molecule has 0 saturated carbocycles. The van der Waals surface area contributed by atoms with E-state index in [-0.39, 0.29) is 4.90 Å². The molecule has 0 unspecified atom stereocenters. The summed E-state index contributed by atoms with van der Waals surface area (Å²) in [6.45, 7) is 1.91. The highest BCUT2D eigenvalue weighted by molar-refractivity contribution is 7.89. The second-order valence-corrected chi connectivity index (χ2v) is 5.97. The van der Waals surface area contributed by atoms with Crippen molar-refractivity contribution < 1.29 is 8.42 Å². The molecule has 1 aromatic carbocycles. The fourth-order valence-corrected chi connectivity index (χ4v) is 2.52. The van der Waals surface area contributed by atoms with Gasteiger partial charge in [-0.25, -0.2) is 0 Å². The standard InChI is InChI=1S/C13H16N2O2S/c1-11-7-9-13(10-8-11)18(16,17)15-14-12-5-3-2-4-6-12/h3,5,7-10,15H,2,4,6H2,1H3. The van der Waals surface area contributed by atoms with E-state index in [4.69, 9.17) is 0 Å². The van der Waals surface area contributed by atoms with E-state index >= 15 is 0 Å². The van der Waals surface area contributed by atoms with E-state index in [1.807, 2.05) is 19.1 Å². The molecule has 0 atom stereocenters. The highest BCUT2D eigenvalue weighted by Gasteiger charge is 2.12. The molecule has 1 aliphatic carbocycles. The lowest BCUT2D eigenvalue weighted by Gasteiger charge is -2.08. The number of hydrazone groups is 1. The zero-order valence-corrected chi connectivity index (χ0v) is 11.1. The van der Waals surface area contributed by atoms with Crippen LogP contribution in [0.2, 0.25) is 0 Å². The lowest BCUT2D eigenvalue weighted by atomic mass is 10.1. The molecular weight excluding hydrogens is 248 g/mol. The predicted molar refractivity (Wildman–Crippen MR) is 71.9 cm³/mol. The molecule has 1 N–H and O–H groups in total. The van der Waals surface area contributed by atoms with Crippen LogP contribution in [0.25, 0.3) is 0 Å². The number of benzene rings is 1.